The van der Waals surface area contributed by atoms with Gasteiger partial charge in [0.2, 0.25) is 20.0 Å². The Morgan fingerprint density at radius 3 is 2.40 bits per heavy atom. The van der Waals surface area contributed by atoms with Gasteiger partial charge in [-0.3, -0.25) is 0 Å². The summed E-state index contributed by atoms with van der Waals surface area (Å²) < 4.78 is 46.6. The molecule has 0 aliphatic carbocycles. The molecule has 20 heavy (non-hydrogen) atoms. The van der Waals surface area contributed by atoms with E-state index in [1.54, 1.807) is 12.1 Å². The second kappa shape index (κ2) is 6.64. The van der Waals surface area contributed by atoms with Crippen LogP contribution in [-0.2, 0) is 20.0 Å². The lowest BCUT2D eigenvalue weighted by atomic mass is 10.1. The Bertz CT molecular complexity index is 656. The molecule has 0 aliphatic rings. The first-order valence-corrected chi connectivity index (χ1v) is 9.34. The van der Waals surface area contributed by atoms with Gasteiger partial charge >= 0.3 is 0 Å². The Hall–Kier alpha value is -1.00. The number of benzene rings is 1. The third-order valence-corrected chi connectivity index (χ3v) is 4.27. The average molecular weight is 321 g/mol. The summed E-state index contributed by atoms with van der Waals surface area (Å²) in [6.45, 7) is 2.54. The lowest BCUT2D eigenvalue weighted by Gasteiger charge is -2.15. The molecule has 1 rings (SSSR count). The van der Waals surface area contributed by atoms with Crippen LogP contribution in [0, 0.1) is 0 Å². The van der Waals surface area contributed by atoms with Crippen LogP contribution in [0.15, 0.2) is 29.2 Å². The van der Waals surface area contributed by atoms with Crippen LogP contribution in [0.2, 0.25) is 0 Å². The van der Waals surface area contributed by atoms with E-state index in [0.717, 1.165) is 11.8 Å². The molecule has 0 saturated heterocycles. The summed E-state index contributed by atoms with van der Waals surface area (Å²) in [7, 11) is -6.92. The Kier molecular flexibility index (Phi) is 5.66. The van der Waals surface area contributed by atoms with Crippen molar-refractivity contribution in [3.8, 4) is 0 Å². The van der Waals surface area contributed by atoms with E-state index in [2.05, 4.69) is 10.0 Å². The van der Waals surface area contributed by atoms with Crippen LogP contribution in [0.4, 0.5) is 0 Å². The Morgan fingerprint density at radius 2 is 1.85 bits per heavy atom. The Balaban J connectivity index is 2.62. The van der Waals surface area contributed by atoms with Gasteiger partial charge in [0.1, 0.15) is 0 Å². The topological polar surface area (TPSA) is 118 Å². The number of primary sulfonamides is 1. The van der Waals surface area contributed by atoms with Gasteiger partial charge in [-0.1, -0.05) is 12.1 Å². The molecule has 1 atom stereocenters. The van der Waals surface area contributed by atoms with Crippen molar-refractivity contribution in [2.75, 3.05) is 19.3 Å². The minimum Gasteiger partial charge on any atom is -0.309 e. The SMILES string of the molecule is CC(NCCNS(C)(=O)=O)c1cccc(S(N)(=O)=O)c1. The zero-order chi connectivity index (χ0) is 15.4. The van der Waals surface area contributed by atoms with Crippen LogP contribution in [0.1, 0.15) is 18.5 Å². The highest BCUT2D eigenvalue weighted by atomic mass is 32.2. The number of nitrogens with one attached hydrogen (secondary N) is 2. The maximum absolute atomic E-state index is 11.3. The van der Waals surface area contributed by atoms with Crippen molar-refractivity contribution < 1.29 is 16.8 Å². The van der Waals surface area contributed by atoms with Crippen molar-refractivity contribution in [2.24, 2.45) is 5.14 Å². The van der Waals surface area contributed by atoms with E-state index in [9.17, 15) is 16.8 Å². The summed E-state index contributed by atoms with van der Waals surface area (Å²) in [6.07, 6.45) is 1.09. The molecular formula is C11H19N3O4S2. The third-order valence-electron chi connectivity index (χ3n) is 2.63. The second-order valence-electron chi connectivity index (χ2n) is 4.46. The number of nitrogens with two attached hydrogens (primary N) is 1. The molecule has 1 aromatic carbocycles. The second-order valence-corrected chi connectivity index (χ2v) is 7.85. The van der Waals surface area contributed by atoms with Gasteiger partial charge in [0.15, 0.2) is 0 Å². The normalized spacial score (nSPS) is 14.2. The average Bonchev–Trinajstić information content (AvgIpc) is 2.32. The van der Waals surface area contributed by atoms with Gasteiger partial charge in [0, 0.05) is 19.1 Å². The van der Waals surface area contributed by atoms with Gasteiger partial charge in [-0.05, 0) is 24.6 Å². The fourth-order valence-corrected chi connectivity index (χ4v) is 2.65. The third kappa shape index (κ3) is 5.97. The molecule has 0 bridgehead atoms. The predicted octanol–water partition coefficient (Wildman–Crippen LogP) is -0.466. The number of hydrogen-bond acceptors (Lipinski definition) is 5. The minimum absolute atomic E-state index is 0.0536. The molecule has 7 nitrogen and oxygen atoms in total. The predicted molar refractivity (Wildman–Crippen MR) is 77.1 cm³/mol. The van der Waals surface area contributed by atoms with Crippen LogP contribution in [0.3, 0.4) is 0 Å². The number of hydrogen-bond donors (Lipinski definition) is 3. The molecule has 4 N–H and O–H groups in total. The molecule has 0 heterocycles. The fraction of sp³-hybridized carbons (Fsp3) is 0.455. The van der Waals surface area contributed by atoms with Crippen molar-refractivity contribution >= 4 is 20.0 Å². The number of sulfonamides is 2. The van der Waals surface area contributed by atoms with E-state index in [0.29, 0.717) is 6.54 Å². The summed E-state index contributed by atoms with van der Waals surface area (Å²) in [6, 6.07) is 6.18. The van der Waals surface area contributed by atoms with Crippen molar-refractivity contribution in [1.29, 1.82) is 0 Å². The monoisotopic (exact) mass is 321 g/mol. The van der Waals surface area contributed by atoms with Crippen molar-refractivity contribution in [1.82, 2.24) is 10.0 Å². The van der Waals surface area contributed by atoms with Gasteiger partial charge in [-0.2, -0.15) is 0 Å². The smallest absolute Gasteiger partial charge is 0.238 e. The van der Waals surface area contributed by atoms with Crippen LogP contribution in [-0.4, -0.2) is 36.2 Å². The highest BCUT2D eigenvalue weighted by Crippen LogP contribution is 2.16. The van der Waals surface area contributed by atoms with Crippen LogP contribution >= 0.6 is 0 Å². The molecule has 0 spiro atoms. The van der Waals surface area contributed by atoms with Gasteiger partial charge in [-0.15, -0.1) is 0 Å². The van der Waals surface area contributed by atoms with Gasteiger partial charge in [0.05, 0.1) is 11.2 Å². The van der Waals surface area contributed by atoms with E-state index >= 15 is 0 Å². The number of rotatable bonds is 7. The Morgan fingerprint density at radius 1 is 1.20 bits per heavy atom. The first-order valence-electron chi connectivity index (χ1n) is 5.90. The minimum atomic E-state index is -3.72. The quantitative estimate of drug-likeness (QED) is 0.587. The van der Waals surface area contributed by atoms with E-state index in [-0.39, 0.29) is 17.5 Å². The van der Waals surface area contributed by atoms with E-state index in [1.165, 1.54) is 12.1 Å². The zero-order valence-corrected chi connectivity index (χ0v) is 13.0. The summed E-state index contributed by atoms with van der Waals surface area (Å²) in [5.74, 6) is 0. The fourth-order valence-electron chi connectivity index (χ4n) is 1.60. The summed E-state index contributed by atoms with van der Waals surface area (Å²) in [5.41, 5.74) is 0.760. The van der Waals surface area contributed by atoms with E-state index in [1.807, 2.05) is 6.92 Å². The van der Waals surface area contributed by atoms with Crippen molar-refractivity contribution in [3.63, 3.8) is 0 Å². The molecule has 0 saturated carbocycles. The van der Waals surface area contributed by atoms with Crippen molar-refractivity contribution in [2.45, 2.75) is 17.9 Å². The molecule has 114 valence electrons. The molecule has 1 unspecified atom stereocenters. The standard InChI is InChI=1S/C11H19N3O4S2/c1-9(13-6-7-14-19(2,15)16)10-4-3-5-11(8-10)20(12,17)18/h3-5,8-9,13-14H,6-7H2,1-2H3,(H2,12,17,18). The lowest BCUT2D eigenvalue weighted by molar-refractivity contribution is 0.555. The lowest BCUT2D eigenvalue weighted by Crippen LogP contribution is -2.32. The molecule has 1 aromatic rings. The van der Waals surface area contributed by atoms with E-state index in [4.69, 9.17) is 5.14 Å². The molecule has 0 aromatic heterocycles. The molecule has 0 radical (unpaired) electrons. The summed E-state index contributed by atoms with van der Waals surface area (Å²) in [4.78, 5) is 0.0536. The first-order chi connectivity index (χ1) is 9.09. The highest BCUT2D eigenvalue weighted by molar-refractivity contribution is 7.89. The molecule has 0 aliphatic heterocycles. The van der Waals surface area contributed by atoms with E-state index < -0.39 is 20.0 Å². The van der Waals surface area contributed by atoms with Crippen molar-refractivity contribution in [3.05, 3.63) is 29.8 Å². The Labute approximate surface area is 119 Å². The van der Waals surface area contributed by atoms with Gasteiger partial charge in [-0.25, -0.2) is 26.7 Å². The van der Waals surface area contributed by atoms with Crippen LogP contribution < -0.4 is 15.2 Å². The van der Waals surface area contributed by atoms with Crippen LogP contribution in [0.5, 0.6) is 0 Å². The molecule has 0 fully saturated rings. The molecule has 0 amide bonds. The first kappa shape index (κ1) is 17.1. The largest absolute Gasteiger partial charge is 0.309 e. The van der Waals surface area contributed by atoms with Gasteiger partial charge < -0.3 is 5.32 Å². The maximum Gasteiger partial charge on any atom is 0.238 e. The zero-order valence-electron chi connectivity index (χ0n) is 11.3. The van der Waals surface area contributed by atoms with Crippen LogP contribution in [0.25, 0.3) is 0 Å². The molecular weight excluding hydrogens is 302 g/mol. The maximum atomic E-state index is 11.3. The summed E-state index contributed by atoms with van der Waals surface area (Å²) in [5, 5.41) is 8.16. The highest BCUT2D eigenvalue weighted by Gasteiger charge is 2.11. The molecule has 9 heteroatoms. The van der Waals surface area contributed by atoms with Gasteiger partial charge in [0.25, 0.3) is 0 Å². The summed E-state index contributed by atoms with van der Waals surface area (Å²) >= 11 is 0.